The normalized spacial score (nSPS) is 25.0. The third-order valence-electron chi connectivity index (χ3n) is 4.18. The van der Waals surface area contributed by atoms with E-state index in [4.69, 9.17) is 0 Å². The van der Waals surface area contributed by atoms with E-state index in [9.17, 15) is 8.42 Å². The average molecular weight is 346 g/mol. The summed E-state index contributed by atoms with van der Waals surface area (Å²) in [7, 11) is 0.839. The molecule has 0 saturated carbocycles. The number of hydrogen-bond acceptors (Lipinski definition) is 5. The first kappa shape index (κ1) is 17.9. The molecule has 0 radical (unpaired) electrons. The van der Waals surface area contributed by atoms with Crippen molar-refractivity contribution in [3.8, 4) is 0 Å². The van der Waals surface area contributed by atoms with E-state index in [1.54, 1.807) is 16.4 Å². The fraction of sp³-hybridized carbons (Fsp3) is 0.733. The van der Waals surface area contributed by atoms with E-state index >= 15 is 0 Å². The van der Waals surface area contributed by atoms with Gasteiger partial charge in [0, 0.05) is 31.7 Å². The second-order valence-corrected chi connectivity index (χ2v) is 9.46. The second-order valence-electron chi connectivity index (χ2n) is 6.35. The number of sulfonamides is 1. The molecule has 0 amide bonds. The maximum absolute atomic E-state index is 12.7. The van der Waals surface area contributed by atoms with E-state index in [0.29, 0.717) is 17.3 Å². The van der Waals surface area contributed by atoms with Crippen LogP contribution >= 0.6 is 11.3 Å². The lowest BCUT2D eigenvalue weighted by Crippen LogP contribution is -2.58. The van der Waals surface area contributed by atoms with Gasteiger partial charge in [0.15, 0.2) is 0 Å². The molecule has 0 N–H and O–H groups in total. The number of thiophene rings is 1. The van der Waals surface area contributed by atoms with Crippen molar-refractivity contribution >= 4 is 21.4 Å². The predicted octanol–water partition coefficient (Wildman–Crippen LogP) is 1.78. The van der Waals surface area contributed by atoms with Gasteiger partial charge < -0.3 is 4.90 Å². The summed E-state index contributed by atoms with van der Waals surface area (Å²) in [6.45, 7) is 7.49. The van der Waals surface area contributed by atoms with Crippen LogP contribution in [0.4, 0.5) is 0 Å². The number of rotatable bonds is 6. The molecular weight excluding hydrogens is 318 g/mol. The van der Waals surface area contributed by atoms with E-state index < -0.39 is 10.0 Å². The minimum Gasteiger partial charge on any atom is -0.309 e. The Balaban J connectivity index is 2.01. The molecule has 5 nitrogen and oxygen atoms in total. The van der Waals surface area contributed by atoms with Crippen LogP contribution in [0.15, 0.2) is 21.7 Å². The van der Waals surface area contributed by atoms with Gasteiger partial charge in [-0.25, -0.2) is 8.42 Å². The number of nitrogens with zero attached hydrogens (tertiary/aromatic N) is 3. The third kappa shape index (κ3) is 4.08. The summed E-state index contributed by atoms with van der Waals surface area (Å²) in [5.41, 5.74) is 0. The second kappa shape index (κ2) is 7.40. The Kier molecular flexibility index (Phi) is 6.01. The Hall–Kier alpha value is -0.470. The molecule has 7 heteroatoms. The van der Waals surface area contributed by atoms with Gasteiger partial charge in [0.05, 0.1) is 0 Å². The molecule has 1 aliphatic rings. The molecule has 1 aromatic heterocycles. The molecule has 0 aromatic carbocycles. The summed E-state index contributed by atoms with van der Waals surface area (Å²) in [5, 5.41) is 1.82. The van der Waals surface area contributed by atoms with E-state index in [1.807, 2.05) is 5.38 Å². The lowest BCUT2D eigenvalue weighted by atomic mass is 10.1. The SMILES string of the molecule is CC1CN(S(=O)(=O)c2cccs2)CC(C)N1CCCN(C)C. The molecule has 0 spiro atoms. The maximum atomic E-state index is 12.7. The van der Waals surface area contributed by atoms with Crippen LogP contribution in [0.3, 0.4) is 0 Å². The van der Waals surface area contributed by atoms with Crippen molar-refractivity contribution in [1.29, 1.82) is 0 Å². The van der Waals surface area contributed by atoms with Gasteiger partial charge in [0.1, 0.15) is 4.21 Å². The molecule has 22 heavy (non-hydrogen) atoms. The largest absolute Gasteiger partial charge is 0.309 e. The van der Waals surface area contributed by atoms with Gasteiger partial charge in [0.25, 0.3) is 10.0 Å². The summed E-state index contributed by atoms with van der Waals surface area (Å²) >= 11 is 1.30. The van der Waals surface area contributed by atoms with Crippen LogP contribution in [0.5, 0.6) is 0 Å². The Morgan fingerprint density at radius 3 is 2.41 bits per heavy atom. The molecule has 2 unspecified atom stereocenters. The Labute approximate surface area is 138 Å². The first-order chi connectivity index (χ1) is 10.3. The van der Waals surface area contributed by atoms with Crippen molar-refractivity contribution in [2.45, 2.75) is 36.6 Å². The van der Waals surface area contributed by atoms with Crippen molar-refractivity contribution < 1.29 is 8.42 Å². The summed E-state index contributed by atoms with van der Waals surface area (Å²) in [6.07, 6.45) is 1.11. The highest BCUT2D eigenvalue weighted by atomic mass is 32.2. The van der Waals surface area contributed by atoms with Gasteiger partial charge in [-0.15, -0.1) is 11.3 Å². The minimum absolute atomic E-state index is 0.251. The van der Waals surface area contributed by atoms with Gasteiger partial charge in [-0.3, -0.25) is 4.90 Å². The lowest BCUT2D eigenvalue weighted by Gasteiger charge is -2.43. The van der Waals surface area contributed by atoms with E-state index in [2.05, 4.69) is 37.7 Å². The van der Waals surface area contributed by atoms with Gasteiger partial charge in [0.2, 0.25) is 0 Å². The maximum Gasteiger partial charge on any atom is 0.252 e. The van der Waals surface area contributed by atoms with E-state index in [1.165, 1.54) is 11.3 Å². The van der Waals surface area contributed by atoms with Crippen molar-refractivity contribution in [2.75, 3.05) is 40.3 Å². The molecule has 2 rings (SSSR count). The van der Waals surface area contributed by atoms with Crippen molar-refractivity contribution in [3.63, 3.8) is 0 Å². The molecule has 2 atom stereocenters. The molecule has 0 aliphatic carbocycles. The molecule has 1 fully saturated rings. The molecule has 0 bridgehead atoms. The first-order valence-corrected chi connectivity index (χ1v) is 10.1. The summed E-state index contributed by atoms with van der Waals surface area (Å²) < 4.78 is 27.4. The molecule has 1 aromatic rings. The summed E-state index contributed by atoms with van der Waals surface area (Å²) in [6, 6.07) is 3.99. The molecule has 126 valence electrons. The molecule has 2 heterocycles. The zero-order valence-corrected chi connectivity index (χ0v) is 15.5. The Morgan fingerprint density at radius 1 is 1.27 bits per heavy atom. The summed E-state index contributed by atoms with van der Waals surface area (Å²) in [5.74, 6) is 0. The molecular formula is C15H27N3O2S2. The smallest absolute Gasteiger partial charge is 0.252 e. The van der Waals surface area contributed by atoms with Gasteiger partial charge in [-0.1, -0.05) is 6.07 Å². The summed E-state index contributed by atoms with van der Waals surface area (Å²) in [4.78, 5) is 4.62. The topological polar surface area (TPSA) is 43.9 Å². The van der Waals surface area contributed by atoms with Gasteiger partial charge in [-0.2, -0.15) is 4.31 Å². The number of hydrogen-bond donors (Lipinski definition) is 0. The zero-order valence-electron chi connectivity index (χ0n) is 13.9. The van der Waals surface area contributed by atoms with Crippen molar-refractivity contribution in [1.82, 2.24) is 14.1 Å². The zero-order chi connectivity index (χ0) is 16.3. The van der Waals surface area contributed by atoms with Crippen molar-refractivity contribution in [2.24, 2.45) is 0 Å². The monoisotopic (exact) mass is 345 g/mol. The highest BCUT2D eigenvalue weighted by molar-refractivity contribution is 7.91. The van der Waals surface area contributed by atoms with Gasteiger partial charge in [-0.05, 0) is 52.4 Å². The highest BCUT2D eigenvalue weighted by Crippen LogP contribution is 2.25. The van der Waals surface area contributed by atoms with Crippen molar-refractivity contribution in [3.05, 3.63) is 17.5 Å². The number of piperazine rings is 1. The average Bonchev–Trinajstić information content (AvgIpc) is 2.96. The minimum atomic E-state index is -3.32. The fourth-order valence-corrected chi connectivity index (χ4v) is 5.80. The van der Waals surface area contributed by atoms with Crippen LogP contribution < -0.4 is 0 Å². The third-order valence-corrected chi connectivity index (χ3v) is 7.38. The van der Waals surface area contributed by atoms with Gasteiger partial charge >= 0.3 is 0 Å². The van der Waals surface area contributed by atoms with E-state index in [-0.39, 0.29) is 12.1 Å². The standard InChI is InChI=1S/C15H27N3O2S2/c1-13-11-17(22(19,20)15-7-5-10-21-15)12-14(2)18(13)9-6-8-16(3)4/h5,7,10,13-14H,6,8-9,11-12H2,1-4H3. The molecule has 1 saturated heterocycles. The highest BCUT2D eigenvalue weighted by Gasteiger charge is 2.36. The lowest BCUT2D eigenvalue weighted by molar-refractivity contribution is 0.0741. The van der Waals surface area contributed by atoms with E-state index in [0.717, 1.165) is 19.5 Å². The van der Waals surface area contributed by atoms with Crippen LogP contribution in [0.2, 0.25) is 0 Å². The first-order valence-electron chi connectivity index (χ1n) is 7.76. The Bertz CT molecular complexity index is 545. The molecule has 1 aliphatic heterocycles. The van der Waals surface area contributed by atoms with Crippen LogP contribution in [-0.4, -0.2) is 74.9 Å². The Morgan fingerprint density at radius 2 is 1.91 bits per heavy atom. The van der Waals surface area contributed by atoms with Crippen LogP contribution in [-0.2, 0) is 10.0 Å². The fourth-order valence-electron chi connectivity index (χ4n) is 3.05. The predicted molar refractivity (Wildman–Crippen MR) is 91.9 cm³/mol. The quantitative estimate of drug-likeness (QED) is 0.788. The van der Waals surface area contributed by atoms with Crippen LogP contribution in [0.25, 0.3) is 0 Å². The van der Waals surface area contributed by atoms with Crippen LogP contribution in [0.1, 0.15) is 20.3 Å². The van der Waals surface area contributed by atoms with Crippen LogP contribution in [0, 0.1) is 0 Å².